The van der Waals surface area contributed by atoms with Crippen LogP contribution in [0.3, 0.4) is 0 Å². The maximum absolute atomic E-state index is 5.73. The van der Waals surface area contributed by atoms with Gasteiger partial charge in [-0.25, -0.2) is 0 Å². The van der Waals surface area contributed by atoms with E-state index in [2.05, 4.69) is 27.8 Å². The van der Waals surface area contributed by atoms with Gasteiger partial charge in [0, 0.05) is 45.5 Å². The number of hydrogen-bond acceptors (Lipinski definition) is 4. The van der Waals surface area contributed by atoms with E-state index in [0.29, 0.717) is 13.2 Å². The van der Waals surface area contributed by atoms with Crippen LogP contribution >= 0.6 is 0 Å². The zero-order valence-electron chi connectivity index (χ0n) is 16.3. The third-order valence-corrected chi connectivity index (χ3v) is 3.95. The standard InChI is InChI=1S/C21H29N3O3/c1-22-21(23-13-12-17-8-10-19(26-3)11-9-17)24-18-6-4-7-20(16-18)27-15-5-14-25-2/h4,6-11,16H,5,12-15H2,1-3H3,(H2,22,23,24). The Bertz CT molecular complexity index is 702. The first-order valence-electron chi connectivity index (χ1n) is 9.07. The van der Waals surface area contributed by atoms with Crippen LogP contribution < -0.4 is 20.1 Å². The lowest BCUT2D eigenvalue weighted by Gasteiger charge is -2.13. The molecule has 0 saturated heterocycles. The van der Waals surface area contributed by atoms with Crippen molar-refractivity contribution in [1.82, 2.24) is 5.32 Å². The number of benzene rings is 2. The molecule has 0 unspecified atom stereocenters. The molecule has 0 heterocycles. The van der Waals surface area contributed by atoms with Gasteiger partial charge in [-0.3, -0.25) is 4.99 Å². The zero-order valence-corrected chi connectivity index (χ0v) is 16.3. The summed E-state index contributed by atoms with van der Waals surface area (Å²) >= 11 is 0. The fourth-order valence-electron chi connectivity index (χ4n) is 2.49. The maximum Gasteiger partial charge on any atom is 0.195 e. The topological polar surface area (TPSA) is 64.1 Å². The van der Waals surface area contributed by atoms with Crippen molar-refractivity contribution in [2.24, 2.45) is 4.99 Å². The quantitative estimate of drug-likeness (QED) is 0.381. The molecule has 2 aromatic carbocycles. The van der Waals surface area contributed by atoms with Gasteiger partial charge in [0.2, 0.25) is 0 Å². The van der Waals surface area contributed by atoms with Crippen molar-refractivity contribution >= 4 is 11.6 Å². The van der Waals surface area contributed by atoms with Gasteiger partial charge in [-0.2, -0.15) is 0 Å². The van der Waals surface area contributed by atoms with Gasteiger partial charge in [-0.05, 0) is 36.2 Å². The van der Waals surface area contributed by atoms with Crippen molar-refractivity contribution in [3.63, 3.8) is 0 Å². The fourth-order valence-corrected chi connectivity index (χ4v) is 2.49. The molecule has 0 radical (unpaired) electrons. The molecule has 2 rings (SSSR count). The summed E-state index contributed by atoms with van der Waals surface area (Å²) in [5, 5.41) is 6.61. The van der Waals surface area contributed by atoms with E-state index in [-0.39, 0.29) is 0 Å². The second kappa shape index (κ2) is 11.8. The Labute approximate surface area is 161 Å². The van der Waals surface area contributed by atoms with Crippen LogP contribution in [0.1, 0.15) is 12.0 Å². The van der Waals surface area contributed by atoms with Gasteiger partial charge in [0.05, 0.1) is 13.7 Å². The number of methoxy groups -OCH3 is 2. The summed E-state index contributed by atoms with van der Waals surface area (Å²) < 4.78 is 15.9. The summed E-state index contributed by atoms with van der Waals surface area (Å²) in [7, 11) is 5.12. The predicted octanol–water partition coefficient (Wildman–Crippen LogP) is 3.34. The maximum atomic E-state index is 5.73. The molecule has 0 saturated carbocycles. The minimum atomic E-state index is 0.631. The molecule has 146 valence electrons. The Morgan fingerprint density at radius 1 is 1.00 bits per heavy atom. The van der Waals surface area contributed by atoms with E-state index in [1.54, 1.807) is 21.3 Å². The molecule has 27 heavy (non-hydrogen) atoms. The van der Waals surface area contributed by atoms with Crippen LogP contribution in [0.5, 0.6) is 11.5 Å². The number of nitrogens with one attached hydrogen (secondary N) is 2. The van der Waals surface area contributed by atoms with E-state index in [1.807, 2.05) is 36.4 Å². The highest BCUT2D eigenvalue weighted by Crippen LogP contribution is 2.17. The molecule has 0 aromatic heterocycles. The van der Waals surface area contributed by atoms with E-state index < -0.39 is 0 Å². The SMILES string of the molecule is CN=C(NCCc1ccc(OC)cc1)Nc1cccc(OCCCOC)c1. The average molecular weight is 371 g/mol. The van der Waals surface area contributed by atoms with Crippen LogP contribution in [-0.4, -0.2) is 47.0 Å². The van der Waals surface area contributed by atoms with Gasteiger partial charge in [-0.1, -0.05) is 18.2 Å². The number of hydrogen-bond donors (Lipinski definition) is 2. The van der Waals surface area contributed by atoms with Gasteiger partial charge < -0.3 is 24.8 Å². The summed E-state index contributed by atoms with van der Waals surface area (Å²) in [4.78, 5) is 4.28. The molecule has 2 N–H and O–H groups in total. The van der Waals surface area contributed by atoms with Crippen LogP contribution in [0.25, 0.3) is 0 Å². The second-order valence-electron chi connectivity index (χ2n) is 5.94. The third-order valence-electron chi connectivity index (χ3n) is 3.95. The monoisotopic (exact) mass is 371 g/mol. The van der Waals surface area contributed by atoms with Crippen molar-refractivity contribution in [2.75, 3.05) is 46.3 Å². The molecule has 0 bridgehead atoms. The number of guanidine groups is 1. The Hall–Kier alpha value is -2.73. The van der Waals surface area contributed by atoms with E-state index in [9.17, 15) is 0 Å². The van der Waals surface area contributed by atoms with Crippen LogP contribution in [0.15, 0.2) is 53.5 Å². The van der Waals surface area contributed by atoms with Crippen LogP contribution in [0, 0.1) is 0 Å². The van der Waals surface area contributed by atoms with Gasteiger partial charge in [0.1, 0.15) is 11.5 Å². The molecule has 0 amide bonds. The summed E-state index contributed by atoms with van der Waals surface area (Å²) in [5.41, 5.74) is 2.17. The summed E-state index contributed by atoms with van der Waals surface area (Å²) in [6.07, 6.45) is 1.76. The average Bonchev–Trinajstić information content (AvgIpc) is 2.71. The third kappa shape index (κ3) is 7.58. The number of rotatable bonds is 10. The minimum Gasteiger partial charge on any atom is -0.497 e. The molecule has 0 fully saturated rings. The van der Waals surface area contributed by atoms with Gasteiger partial charge in [0.15, 0.2) is 5.96 Å². The number of nitrogens with zero attached hydrogens (tertiary/aromatic N) is 1. The van der Waals surface area contributed by atoms with E-state index in [4.69, 9.17) is 14.2 Å². The minimum absolute atomic E-state index is 0.631. The predicted molar refractivity (Wildman–Crippen MR) is 110 cm³/mol. The first kappa shape index (κ1) is 20.6. The van der Waals surface area contributed by atoms with Crippen molar-refractivity contribution in [3.05, 3.63) is 54.1 Å². The van der Waals surface area contributed by atoms with Crippen LogP contribution in [0.2, 0.25) is 0 Å². The second-order valence-corrected chi connectivity index (χ2v) is 5.94. The summed E-state index contributed by atoms with van der Waals surface area (Å²) in [6, 6.07) is 15.9. The first-order chi connectivity index (χ1) is 13.2. The van der Waals surface area contributed by atoms with Gasteiger partial charge >= 0.3 is 0 Å². The van der Waals surface area contributed by atoms with Gasteiger partial charge in [0.25, 0.3) is 0 Å². The van der Waals surface area contributed by atoms with E-state index in [0.717, 1.165) is 42.5 Å². The smallest absolute Gasteiger partial charge is 0.195 e. The normalized spacial score (nSPS) is 11.1. The highest BCUT2D eigenvalue weighted by molar-refractivity contribution is 5.93. The largest absolute Gasteiger partial charge is 0.497 e. The lowest BCUT2D eigenvalue weighted by molar-refractivity contribution is 0.172. The Kier molecular flexibility index (Phi) is 9.00. The Morgan fingerprint density at radius 3 is 2.52 bits per heavy atom. The Balaban J connectivity index is 1.80. The summed E-state index contributed by atoms with van der Waals surface area (Å²) in [6.45, 7) is 2.11. The molecule has 0 spiro atoms. The van der Waals surface area contributed by atoms with Crippen molar-refractivity contribution in [1.29, 1.82) is 0 Å². The van der Waals surface area contributed by atoms with Crippen molar-refractivity contribution in [3.8, 4) is 11.5 Å². The lowest BCUT2D eigenvalue weighted by Crippen LogP contribution is -2.32. The van der Waals surface area contributed by atoms with Crippen LogP contribution in [-0.2, 0) is 11.2 Å². The lowest BCUT2D eigenvalue weighted by atomic mass is 10.1. The van der Waals surface area contributed by atoms with E-state index >= 15 is 0 Å². The fraction of sp³-hybridized carbons (Fsp3) is 0.381. The number of anilines is 1. The molecule has 2 aromatic rings. The summed E-state index contributed by atoms with van der Waals surface area (Å²) in [5.74, 6) is 2.42. The molecular formula is C21H29N3O3. The number of ether oxygens (including phenoxy) is 3. The van der Waals surface area contributed by atoms with E-state index in [1.165, 1.54) is 5.56 Å². The van der Waals surface area contributed by atoms with Crippen LogP contribution in [0.4, 0.5) is 5.69 Å². The van der Waals surface area contributed by atoms with Gasteiger partial charge in [-0.15, -0.1) is 0 Å². The molecule has 6 heteroatoms. The molecule has 0 aliphatic heterocycles. The number of aliphatic imine (C=N–C) groups is 1. The van der Waals surface area contributed by atoms with Crippen molar-refractivity contribution < 1.29 is 14.2 Å². The highest BCUT2D eigenvalue weighted by atomic mass is 16.5. The molecule has 0 aliphatic carbocycles. The highest BCUT2D eigenvalue weighted by Gasteiger charge is 2.02. The molecule has 6 nitrogen and oxygen atoms in total. The zero-order chi connectivity index (χ0) is 19.3. The molecule has 0 atom stereocenters. The van der Waals surface area contributed by atoms with Crippen molar-refractivity contribution in [2.45, 2.75) is 12.8 Å². The molecule has 0 aliphatic rings. The first-order valence-corrected chi connectivity index (χ1v) is 9.07. The Morgan fingerprint density at radius 2 is 1.81 bits per heavy atom. The molecular weight excluding hydrogens is 342 g/mol.